The third-order valence-corrected chi connectivity index (χ3v) is 5.82. The van der Waals surface area contributed by atoms with E-state index in [9.17, 15) is 9.59 Å². The molecule has 0 unspecified atom stereocenters. The molecule has 2 heterocycles. The van der Waals surface area contributed by atoms with E-state index in [1.165, 1.54) is 0 Å². The van der Waals surface area contributed by atoms with Crippen molar-refractivity contribution in [1.29, 1.82) is 0 Å². The number of Topliss-reactive ketones (excluding diaryl/α,β-unsaturated/α-hetero) is 1. The van der Waals surface area contributed by atoms with E-state index in [4.69, 9.17) is 21.1 Å². The van der Waals surface area contributed by atoms with Crippen molar-refractivity contribution < 1.29 is 19.1 Å². The van der Waals surface area contributed by atoms with Crippen LogP contribution in [0.1, 0.15) is 31.9 Å². The number of hydrogen-bond donors (Lipinski definition) is 0. The number of halogens is 1. The number of benzene rings is 2. The first-order valence-corrected chi connectivity index (χ1v) is 10.2. The average Bonchev–Trinajstić information content (AvgIpc) is 3.21. The van der Waals surface area contributed by atoms with Crippen LogP contribution in [0.15, 0.2) is 53.6 Å². The number of hydrogen-bond acceptors (Lipinski definition) is 5. The van der Waals surface area contributed by atoms with Crippen LogP contribution >= 0.6 is 22.9 Å². The molecule has 0 spiro atoms. The van der Waals surface area contributed by atoms with Crippen LogP contribution in [-0.4, -0.2) is 11.8 Å². The Hall–Kier alpha value is -2.89. The first kappa shape index (κ1) is 19.4. The molecule has 1 aliphatic rings. The molecule has 0 amide bonds. The Kier molecular flexibility index (Phi) is 5.26. The molecule has 6 heteroatoms. The number of ketones is 1. The average molecular weight is 425 g/mol. The van der Waals surface area contributed by atoms with Crippen molar-refractivity contribution in [2.45, 2.75) is 20.3 Å². The first-order chi connectivity index (χ1) is 13.9. The number of aryl methyl sites for hydroxylation is 2. The van der Waals surface area contributed by atoms with Crippen LogP contribution in [0.5, 0.6) is 11.5 Å². The highest BCUT2D eigenvalue weighted by atomic mass is 35.5. The van der Waals surface area contributed by atoms with Crippen LogP contribution in [0, 0.1) is 13.8 Å². The van der Waals surface area contributed by atoms with E-state index in [0.29, 0.717) is 27.6 Å². The van der Waals surface area contributed by atoms with E-state index in [1.807, 2.05) is 18.4 Å². The zero-order valence-electron chi connectivity index (χ0n) is 15.8. The quantitative estimate of drug-likeness (QED) is 0.302. The summed E-state index contributed by atoms with van der Waals surface area (Å²) in [5.74, 6) is 0.468. The highest BCUT2D eigenvalue weighted by Crippen LogP contribution is 2.38. The van der Waals surface area contributed by atoms with E-state index in [2.05, 4.69) is 0 Å². The highest BCUT2D eigenvalue weighted by molar-refractivity contribution is 7.11. The van der Waals surface area contributed by atoms with E-state index < -0.39 is 5.97 Å². The fourth-order valence-corrected chi connectivity index (χ4v) is 4.10. The van der Waals surface area contributed by atoms with Crippen molar-refractivity contribution in [3.63, 3.8) is 0 Å². The van der Waals surface area contributed by atoms with Crippen molar-refractivity contribution in [2.24, 2.45) is 0 Å². The van der Waals surface area contributed by atoms with Gasteiger partial charge in [0.1, 0.15) is 11.5 Å². The lowest BCUT2D eigenvalue weighted by molar-refractivity contribution is -0.133. The van der Waals surface area contributed by atoms with Crippen LogP contribution in [-0.2, 0) is 11.2 Å². The number of thiophene rings is 1. The molecule has 0 fully saturated rings. The molecule has 1 aliphatic heterocycles. The van der Waals surface area contributed by atoms with Crippen LogP contribution in [0.2, 0.25) is 5.02 Å². The summed E-state index contributed by atoms with van der Waals surface area (Å²) in [6.07, 6.45) is 1.88. The third kappa shape index (κ3) is 4.11. The van der Waals surface area contributed by atoms with E-state index in [0.717, 1.165) is 16.0 Å². The number of allylic oxidation sites excluding steroid dienone is 1. The van der Waals surface area contributed by atoms with Gasteiger partial charge in [-0.25, -0.2) is 0 Å². The lowest BCUT2D eigenvalue weighted by Crippen LogP contribution is -2.11. The Morgan fingerprint density at radius 2 is 1.90 bits per heavy atom. The number of ether oxygens (including phenoxy) is 2. The van der Waals surface area contributed by atoms with Gasteiger partial charge in [-0.2, -0.15) is 0 Å². The van der Waals surface area contributed by atoms with Gasteiger partial charge in [0.25, 0.3) is 0 Å². The smallest absolute Gasteiger partial charge is 0.315 e. The molecule has 0 atom stereocenters. The first-order valence-electron chi connectivity index (χ1n) is 8.99. The maximum atomic E-state index is 12.8. The Bertz CT molecular complexity index is 1140. The summed E-state index contributed by atoms with van der Waals surface area (Å²) in [6, 6.07) is 12.3. The van der Waals surface area contributed by atoms with Gasteiger partial charge in [0.2, 0.25) is 5.78 Å². The molecule has 4 rings (SSSR count). The van der Waals surface area contributed by atoms with Gasteiger partial charge in [-0.3, -0.25) is 9.59 Å². The van der Waals surface area contributed by atoms with Gasteiger partial charge in [0.15, 0.2) is 5.76 Å². The lowest BCUT2D eigenvalue weighted by Gasteiger charge is -2.08. The van der Waals surface area contributed by atoms with Crippen molar-refractivity contribution >= 4 is 40.8 Å². The molecule has 0 saturated heterocycles. The predicted molar refractivity (Wildman–Crippen MR) is 114 cm³/mol. The Morgan fingerprint density at radius 1 is 1.14 bits per heavy atom. The van der Waals surface area contributed by atoms with Crippen LogP contribution in [0.25, 0.3) is 6.08 Å². The summed E-state index contributed by atoms with van der Waals surface area (Å²) < 4.78 is 11.3. The van der Waals surface area contributed by atoms with Gasteiger partial charge in [-0.15, -0.1) is 11.3 Å². The topological polar surface area (TPSA) is 52.6 Å². The fourth-order valence-electron chi connectivity index (χ4n) is 3.12. The van der Waals surface area contributed by atoms with Gasteiger partial charge in [0.05, 0.1) is 12.0 Å². The minimum Gasteiger partial charge on any atom is -0.452 e. The standard InChI is InChI=1S/C23H17ClO4S/c1-13-7-8-29-20(13)12-19-23(26)22-14(2)9-17(11-18(22)28-19)27-21(25)10-15-3-5-16(24)6-4-15/h3-9,11-12H,10H2,1-2H3/b19-12-. The van der Waals surface area contributed by atoms with Crippen LogP contribution in [0.4, 0.5) is 0 Å². The molecule has 4 nitrogen and oxygen atoms in total. The van der Waals surface area contributed by atoms with Gasteiger partial charge in [-0.05, 0) is 60.2 Å². The predicted octanol–water partition coefficient (Wildman–Crippen LogP) is 5.78. The SMILES string of the molecule is Cc1ccsc1/C=C1\Oc2cc(OC(=O)Cc3ccc(Cl)cc3)cc(C)c2C1=O. The largest absolute Gasteiger partial charge is 0.452 e. The van der Waals surface area contributed by atoms with Gasteiger partial charge < -0.3 is 9.47 Å². The number of carbonyl (C=O) groups is 2. The summed E-state index contributed by atoms with van der Waals surface area (Å²) in [5, 5.41) is 2.58. The van der Waals surface area contributed by atoms with E-state index in [-0.39, 0.29) is 18.0 Å². The van der Waals surface area contributed by atoms with Crippen molar-refractivity contribution in [3.8, 4) is 11.5 Å². The number of rotatable bonds is 4. The zero-order chi connectivity index (χ0) is 20.5. The zero-order valence-corrected chi connectivity index (χ0v) is 17.4. The van der Waals surface area contributed by atoms with Crippen molar-refractivity contribution in [1.82, 2.24) is 0 Å². The maximum absolute atomic E-state index is 12.8. The second kappa shape index (κ2) is 7.85. The third-order valence-electron chi connectivity index (χ3n) is 4.60. The van der Waals surface area contributed by atoms with Crippen molar-refractivity contribution in [2.75, 3.05) is 0 Å². The molecule has 3 aromatic rings. The van der Waals surface area contributed by atoms with Crippen molar-refractivity contribution in [3.05, 3.63) is 85.8 Å². The second-order valence-corrected chi connectivity index (χ2v) is 8.18. The van der Waals surface area contributed by atoms with Crippen LogP contribution in [0.3, 0.4) is 0 Å². The van der Waals surface area contributed by atoms with Crippen LogP contribution < -0.4 is 9.47 Å². The van der Waals surface area contributed by atoms with Gasteiger partial charge in [-0.1, -0.05) is 23.7 Å². The molecule has 0 aliphatic carbocycles. The Balaban J connectivity index is 1.54. The summed E-state index contributed by atoms with van der Waals surface area (Å²) in [6.45, 7) is 3.79. The summed E-state index contributed by atoms with van der Waals surface area (Å²) in [5.41, 5.74) is 3.10. The maximum Gasteiger partial charge on any atom is 0.315 e. The molecule has 146 valence electrons. The van der Waals surface area contributed by atoms with Gasteiger partial charge >= 0.3 is 5.97 Å². The molecular formula is C23H17ClO4S. The minimum atomic E-state index is -0.402. The summed E-state index contributed by atoms with van der Waals surface area (Å²) in [4.78, 5) is 26.0. The highest BCUT2D eigenvalue weighted by Gasteiger charge is 2.30. The molecule has 1 aromatic heterocycles. The normalized spacial score (nSPS) is 14.0. The lowest BCUT2D eigenvalue weighted by atomic mass is 10.0. The van der Waals surface area contributed by atoms with E-state index >= 15 is 0 Å². The second-order valence-electron chi connectivity index (χ2n) is 6.80. The monoisotopic (exact) mass is 424 g/mol. The number of fused-ring (bicyclic) bond motifs is 1. The minimum absolute atomic E-state index is 0.121. The molecule has 0 radical (unpaired) electrons. The number of carbonyl (C=O) groups excluding carboxylic acids is 2. The molecule has 0 bridgehead atoms. The summed E-state index contributed by atoms with van der Waals surface area (Å²) in [7, 11) is 0. The fraction of sp³-hybridized carbons (Fsp3) is 0.130. The molecule has 29 heavy (non-hydrogen) atoms. The Morgan fingerprint density at radius 3 is 2.59 bits per heavy atom. The molecule has 0 N–H and O–H groups in total. The molecular weight excluding hydrogens is 408 g/mol. The summed E-state index contributed by atoms with van der Waals surface area (Å²) >= 11 is 7.41. The van der Waals surface area contributed by atoms with E-state index in [1.54, 1.807) is 60.7 Å². The Labute approximate surface area is 177 Å². The van der Waals surface area contributed by atoms with Gasteiger partial charge in [0, 0.05) is 22.0 Å². The molecule has 2 aromatic carbocycles. The molecule has 0 saturated carbocycles. The number of esters is 1.